The van der Waals surface area contributed by atoms with Crippen LogP contribution in [0.15, 0.2) is 29.9 Å². The van der Waals surface area contributed by atoms with Gasteiger partial charge >= 0.3 is 0 Å². The van der Waals surface area contributed by atoms with Gasteiger partial charge in [0.1, 0.15) is 5.82 Å². The number of likely N-dealkylation sites (N-methyl/N-ethyl adjacent to an activating group) is 1. The molecule has 1 atom stereocenters. The molecule has 106 valence electrons. The van der Waals surface area contributed by atoms with Crippen LogP contribution in [0.1, 0.15) is 28.5 Å². The molecule has 1 saturated heterocycles. The first-order chi connectivity index (χ1) is 9.79. The highest BCUT2D eigenvalue weighted by molar-refractivity contribution is 7.12. The maximum atomic E-state index is 12.5. The molecule has 1 amide bonds. The van der Waals surface area contributed by atoms with Crippen LogP contribution in [0.2, 0.25) is 0 Å². The molecule has 0 radical (unpaired) electrons. The molecule has 1 N–H and O–H groups in total. The van der Waals surface area contributed by atoms with Gasteiger partial charge in [0.25, 0.3) is 5.91 Å². The van der Waals surface area contributed by atoms with E-state index in [4.69, 9.17) is 0 Å². The third-order valence-corrected chi connectivity index (χ3v) is 4.61. The highest BCUT2D eigenvalue weighted by atomic mass is 32.1. The fourth-order valence-electron chi connectivity index (χ4n) is 2.66. The van der Waals surface area contributed by atoms with Crippen LogP contribution in [0.3, 0.4) is 0 Å². The molecule has 5 nitrogen and oxygen atoms in total. The maximum absolute atomic E-state index is 12.5. The Kier molecular flexibility index (Phi) is 3.84. The van der Waals surface area contributed by atoms with Crippen LogP contribution in [-0.2, 0) is 0 Å². The van der Waals surface area contributed by atoms with E-state index in [1.54, 1.807) is 6.20 Å². The molecule has 0 aromatic carbocycles. The maximum Gasteiger partial charge on any atom is 0.264 e. The number of carbonyl (C=O) groups is 1. The van der Waals surface area contributed by atoms with Crippen LogP contribution in [-0.4, -0.2) is 51.9 Å². The second-order valence-electron chi connectivity index (χ2n) is 4.85. The number of aromatic amines is 1. The van der Waals surface area contributed by atoms with Gasteiger partial charge in [-0.15, -0.1) is 11.3 Å². The zero-order chi connectivity index (χ0) is 13.9. The Bertz CT molecular complexity index is 552. The summed E-state index contributed by atoms with van der Waals surface area (Å²) in [7, 11) is 0. The molecule has 1 aliphatic heterocycles. The first-order valence-corrected chi connectivity index (χ1v) is 7.73. The molecule has 20 heavy (non-hydrogen) atoms. The van der Waals surface area contributed by atoms with Crippen molar-refractivity contribution in [1.82, 2.24) is 19.8 Å². The van der Waals surface area contributed by atoms with Gasteiger partial charge in [-0.05, 0) is 18.0 Å². The Morgan fingerprint density at radius 2 is 2.45 bits per heavy atom. The van der Waals surface area contributed by atoms with Gasteiger partial charge in [0, 0.05) is 32.0 Å². The Labute approximate surface area is 122 Å². The van der Waals surface area contributed by atoms with Crippen molar-refractivity contribution in [2.24, 2.45) is 0 Å². The summed E-state index contributed by atoms with van der Waals surface area (Å²) in [6.45, 7) is 5.47. The largest absolute Gasteiger partial charge is 0.347 e. The van der Waals surface area contributed by atoms with E-state index in [9.17, 15) is 4.79 Å². The number of imidazole rings is 1. The van der Waals surface area contributed by atoms with Crippen LogP contribution in [0.5, 0.6) is 0 Å². The van der Waals surface area contributed by atoms with E-state index in [0.29, 0.717) is 6.54 Å². The monoisotopic (exact) mass is 290 g/mol. The number of nitrogens with zero attached hydrogens (tertiary/aromatic N) is 3. The minimum absolute atomic E-state index is 0.132. The Morgan fingerprint density at radius 3 is 3.10 bits per heavy atom. The van der Waals surface area contributed by atoms with E-state index in [1.807, 2.05) is 28.6 Å². The van der Waals surface area contributed by atoms with Crippen LogP contribution in [0.4, 0.5) is 0 Å². The summed E-state index contributed by atoms with van der Waals surface area (Å²) >= 11 is 1.50. The van der Waals surface area contributed by atoms with Crippen molar-refractivity contribution < 1.29 is 4.79 Å². The average molecular weight is 290 g/mol. The molecule has 2 aromatic rings. The number of amides is 1. The van der Waals surface area contributed by atoms with Crippen LogP contribution >= 0.6 is 11.3 Å². The lowest BCUT2D eigenvalue weighted by Gasteiger charge is -2.39. The van der Waals surface area contributed by atoms with Gasteiger partial charge in [-0.1, -0.05) is 13.0 Å². The van der Waals surface area contributed by atoms with E-state index in [-0.39, 0.29) is 11.9 Å². The number of rotatable bonds is 3. The van der Waals surface area contributed by atoms with Crippen molar-refractivity contribution in [3.05, 3.63) is 40.6 Å². The highest BCUT2D eigenvalue weighted by Crippen LogP contribution is 2.24. The molecule has 3 rings (SSSR count). The number of H-pyrrole nitrogens is 1. The molecule has 6 heteroatoms. The second-order valence-corrected chi connectivity index (χ2v) is 5.79. The molecule has 1 fully saturated rings. The topological polar surface area (TPSA) is 52.2 Å². The Hall–Kier alpha value is -1.66. The number of thiophene rings is 1. The van der Waals surface area contributed by atoms with Gasteiger partial charge in [-0.2, -0.15) is 0 Å². The molecule has 1 unspecified atom stereocenters. The third-order valence-electron chi connectivity index (χ3n) is 3.75. The van der Waals surface area contributed by atoms with E-state index in [2.05, 4.69) is 21.8 Å². The van der Waals surface area contributed by atoms with E-state index >= 15 is 0 Å². The van der Waals surface area contributed by atoms with Crippen LogP contribution in [0.25, 0.3) is 0 Å². The minimum atomic E-state index is 0.132. The SMILES string of the molecule is CCN1CCN(C(=O)c2cccs2)CC1c1ncc[nH]1. The third kappa shape index (κ3) is 2.48. The van der Waals surface area contributed by atoms with Crippen molar-refractivity contribution in [2.75, 3.05) is 26.2 Å². The van der Waals surface area contributed by atoms with Crippen molar-refractivity contribution in [3.8, 4) is 0 Å². The summed E-state index contributed by atoms with van der Waals surface area (Å²) < 4.78 is 0. The number of carbonyl (C=O) groups excluding carboxylic acids is 1. The predicted octanol–water partition coefficient (Wildman–Crippen LogP) is 1.99. The standard InChI is InChI=1S/C14H18N4OS/c1-2-17-7-8-18(14(19)12-4-3-9-20-12)10-11(17)13-15-5-6-16-13/h3-6,9,11H,2,7-8,10H2,1H3,(H,15,16). The van der Waals surface area contributed by atoms with Crippen LogP contribution in [0, 0.1) is 0 Å². The smallest absolute Gasteiger partial charge is 0.264 e. The molecule has 2 aromatic heterocycles. The molecule has 0 bridgehead atoms. The lowest BCUT2D eigenvalue weighted by Crippen LogP contribution is -2.50. The van der Waals surface area contributed by atoms with Gasteiger partial charge < -0.3 is 9.88 Å². The quantitative estimate of drug-likeness (QED) is 0.940. The summed E-state index contributed by atoms with van der Waals surface area (Å²) in [6.07, 6.45) is 3.60. The fourth-order valence-corrected chi connectivity index (χ4v) is 3.35. The zero-order valence-electron chi connectivity index (χ0n) is 11.5. The molecule has 0 spiro atoms. The first kappa shape index (κ1) is 13.3. The molecule has 0 saturated carbocycles. The number of hydrogen-bond acceptors (Lipinski definition) is 4. The number of nitrogens with one attached hydrogen (secondary N) is 1. The predicted molar refractivity (Wildman–Crippen MR) is 78.8 cm³/mol. The van der Waals surface area contributed by atoms with Crippen LogP contribution < -0.4 is 0 Å². The van der Waals surface area contributed by atoms with Gasteiger partial charge in [0.2, 0.25) is 0 Å². The molecule has 1 aliphatic rings. The van der Waals surface area contributed by atoms with E-state index < -0.39 is 0 Å². The number of aromatic nitrogens is 2. The summed E-state index contributed by atoms with van der Waals surface area (Å²) in [5.74, 6) is 1.07. The first-order valence-electron chi connectivity index (χ1n) is 6.85. The fraction of sp³-hybridized carbons (Fsp3) is 0.429. The van der Waals surface area contributed by atoms with Gasteiger partial charge in [-0.3, -0.25) is 9.69 Å². The summed E-state index contributed by atoms with van der Waals surface area (Å²) in [6, 6.07) is 3.97. The normalized spacial score (nSPS) is 20.2. The van der Waals surface area contributed by atoms with E-state index in [1.165, 1.54) is 11.3 Å². The molecule has 3 heterocycles. The molecular formula is C14H18N4OS. The highest BCUT2D eigenvalue weighted by Gasteiger charge is 2.31. The lowest BCUT2D eigenvalue weighted by atomic mass is 10.1. The van der Waals surface area contributed by atoms with Gasteiger partial charge in [0.05, 0.1) is 10.9 Å². The average Bonchev–Trinajstić information content (AvgIpc) is 3.18. The van der Waals surface area contributed by atoms with Gasteiger partial charge in [-0.25, -0.2) is 4.98 Å². The van der Waals surface area contributed by atoms with Crippen molar-refractivity contribution >= 4 is 17.2 Å². The van der Waals surface area contributed by atoms with Crippen molar-refractivity contribution in [1.29, 1.82) is 0 Å². The molecule has 0 aliphatic carbocycles. The summed E-state index contributed by atoms with van der Waals surface area (Å²) in [4.78, 5) is 25.1. The lowest BCUT2D eigenvalue weighted by molar-refractivity contribution is 0.0484. The number of piperazine rings is 1. The second kappa shape index (κ2) is 5.76. The zero-order valence-corrected chi connectivity index (χ0v) is 12.3. The van der Waals surface area contributed by atoms with Crippen molar-refractivity contribution in [3.63, 3.8) is 0 Å². The Morgan fingerprint density at radius 1 is 1.55 bits per heavy atom. The van der Waals surface area contributed by atoms with Gasteiger partial charge in [0.15, 0.2) is 0 Å². The molecular weight excluding hydrogens is 272 g/mol. The summed E-state index contributed by atoms with van der Waals surface area (Å²) in [5.41, 5.74) is 0. The number of hydrogen-bond donors (Lipinski definition) is 1. The Balaban J connectivity index is 1.78. The van der Waals surface area contributed by atoms with E-state index in [0.717, 1.165) is 30.3 Å². The van der Waals surface area contributed by atoms with Crippen molar-refractivity contribution in [2.45, 2.75) is 13.0 Å². The minimum Gasteiger partial charge on any atom is -0.347 e. The summed E-state index contributed by atoms with van der Waals surface area (Å²) in [5, 5.41) is 1.94.